The van der Waals surface area contributed by atoms with Crippen LogP contribution in [0.2, 0.25) is 0 Å². The molecule has 0 amide bonds. The summed E-state index contributed by atoms with van der Waals surface area (Å²) in [5.74, 6) is -2.29. The first-order valence-electron chi connectivity index (χ1n) is 6.25. The van der Waals surface area contributed by atoms with Gasteiger partial charge in [-0.15, -0.1) is 0 Å². The van der Waals surface area contributed by atoms with E-state index in [0.717, 1.165) is 20.8 Å². The van der Waals surface area contributed by atoms with Crippen LogP contribution < -0.4 is 0 Å². The van der Waals surface area contributed by atoms with Gasteiger partial charge in [0.2, 0.25) is 6.17 Å². The van der Waals surface area contributed by atoms with E-state index >= 15 is 0 Å². The van der Waals surface area contributed by atoms with Crippen molar-refractivity contribution in [2.75, 3.05) is 6.61 Å². The highest BCUT2D eigenvalue weighted by atomic mass is 79.9. The molecule has 0 aliphatic carbocycles. The lowest BCUT2D eigenvalue weighted by Crippen LogP contribution is -2.63. The second-order valence-corrected chi connectivity index (χ2v) is 5.75. The minimum absolute atomic E-state index is 0.439. The van der Waals surface area contributed by atoms with Crippen molar-refractivity contribution in [2.45, 2.75) is 50.0 Å². The van der Waals surface area contributed by atoms with Gasteiger partial charge in [-0.3, -0.25) is 14.4 Å². The van der Waals surface area contributed by atoms with Crippen molar-refractivity contribution in [1.82, 2.24) is 0 Å². The minimum Gasteiger partial charge on any atom is -0.463 e. The molecule has 0 aromatic heterocycles. The Morgan fingerprint density at radius 3 is 2.09 bits per heavy atom. The lowest BCUT2D eigenvalue weighted by Gasteiger charge is -2.43. The van der Waals surface area contributed by atoms with Crippen molar-refractivity contribution >= 4 is 33.8 Å². The third-order valence-corrected chi connectivity index (χ3v) is 3.31. The molecular weight excluding hydrogens is 371 g/mol. The van der Waals surface area contributed by atoms with Gasteiger partial charge < -0.3 is 24.1 Å². The SMILES string of the molecule is CC(=O)OC[C@H]1OC(O)(Br)[C@H](F)[C@@H](OC(C)=O)[C@@H]1OC(C)=O. The Labute approximate surface area is 134 Å². The predicted molar refractivity (Wildman–Crippen MR) is 71.4 cm³/mol. The fraction of sp³-hybridized carbons (Fsp3) is 0.750. The van der Waals surface area contributed by atoms with Crippen LogP contribution in [0, 0.1) is 0 Å². The van der Waals surface area contributed by atoms with Crippen LogP contribution in [0.1, 0.15) is 20.8 Å². The fourth-order valence-corrected chi connectivity index (χ4v) is 2.41. The molecule has 0 radical (unpaired) electrons. The lowest BCUT2D eigenvalue weighted by molar-refractivity contribution is -0.292. The van der Waals surface area contributed by atoms with Crippen LogP contribution >= 0.6 is 15.9 Å². The second kappa shape index (κ2) is 7.34. The van der Waals surface area contributed by atoms with Crippen LogP contribution in [0.25, 0.3) is 0 Å². The molecule has 0 spiro atoms. The summed E-state index contributed by atoms with van der Waals surface area (Å²) in [4.78, 5) is 33.2. The van der Waals surface area contributed by atoms with Gasteiger partial charge in [-0.25, -0.2) is 4.39 Å². The van der Waals surface area contributed by atoms with Crippen molar-refractivity contribution in [3.63, 3.8) is 0 Å². The highest BCUT2D eigenvalue weighted by Gasteiger charge is 2.57. The maximum Gasteiger partial charge on any atom is 0.303 e. The molecule has 1 N–H and O–H groups in total. The van der Waals surface area contributed by atoms with Gasteiger partial charge in [0.15, 0.2) is 12.2 Å². The number of esters is 3. The Morgan fingerprint density at radius 2 is 1.64 bits per heavy atom. The minimum atomic E-state index is -2.49. The summed E-state index contributed by atoms with van der Waals surface area (Å²) in [6.45, 7) is 2.79. The number of rotatable bonds is 4. The Hall–Kier alpha value is -1.26. The first kappa shape index (κ1) is 18.8. The zero-order valence-corrected chi connectivity index (χ0v) is 13.7. The van der Waals surface area contributed by atoms with E-state index in [1.54, 1.807) is 0 Å². The van der Waals surface area contributed by atoms with Crippen molar-refractivity contribution in [2.24, 2.45) is 0 Å². The zero-order chi connectivity index (χ0) is 17.1. The van der Waals surface area contributed by atoms with Crippen molar-refractivity contribution in [3.05, 3.63) is 0 Å². The Kier molecular flexibility index (Phi) is 6.27. The molecule has 5 atom stereocenters. The van der Waals surface area contributed by atoms with Crippen molar-refractivity contribution in [3.8, 4) is 0 Å². The van der Waals surface area contributed by atoms with Crippen molar-refractivity contribution < 1.29 is 42.8 Å². The predicted octanol–water partition coefficient (Wildman–Crippen LogP) is 0.191. The van der Waals surface area contributed by atoms with E-state index in [0.29, 0.717) is 0 Å². The summed E-state index contributed by atoms with van der Waals surface area (Å²) >= 11 is 2.62. The summed E-state index contributed by atoms with van der Waals surface area (Å²) < 4.78 is 31.2. The number of halogens is 2. The third-order valence-electron chi connectivity index (χ3n) is 2.69. The number of aliphatic hydroxyl groups is 1. The first-order valence-corrected chi connectivity index (χ1v) is 7.05. The van der Waals surface area contributed by atoms with Crippen molar-refractivity contribution in [1.29, 1.82) is 0 Å². The quantitative estimate of drug-likeness (QED) is 0.414. The van der Waals surface area contributed by atoms with Gasteiger partial charge in [0.05, 0.1) is 0 Å². The molecule has 1 unspecified atom stereocenters. The van der Waals surface area contributed by atoms with Gasteiger partial charge in [0.1, 0.15) is 12.7 Å². The third kappa shape index (κ3) is 4.89. The number of ether oxygens (including phenoxy) is 4. The van der Waals surface area contributed by atoms with Crippen LogP contribution in [-0.4, -0.2) is 58.8 Å². The van der Waals surface area contributed by atoms with Crippen LogP contribution in [0.3, 0.4) is 0 Å². The Morgan fingerprint density at radius 1 is 1.14 bits per heavy atom. The van der Waals surface area contributed by atoms with E-state index in [9.17, 15) is 23.9 Å². The molecule has 1 saturated heterocycles. The lowest BCUT2D eigenvalue weighted by atomic mass is 9.99. The Balaban J connectivity index is 3.06. The molecule has 1 fully saturated rings. The number of carbonyl (C=O) groups is 3. The summed E-state index contributed by atoms with van der Waals surface area (Å²) in [6.07, 6.45) is -6.52. The number of carbonyl (C=O) groups excluding carboxylic acids is 3. The molecule has 10 heteroatoms. The van der Waals surface area contributed by atoms with Gasteiger partial charge in [0.25, 0.3) is 4.70 Å². The van der Waals surface area contributed by atoms with Crippen LogP contribution in [-0.2, 0) is 33.3 Å². The normalized spacial score (nSPS) is 34.6. The second-order valence-electron chi connectivity index (χ2n) is 4.62. The molecular formula is C12H16BrFO8. The van der Waals surface area contributed by atoms with Gasteiger partial charge in [-0.1, -0.05) is 0 Å². The monoisotopic (exact) mass is 386 g/mol. The first-order chi connectivity index (χ1) is 10.0. The van der Waals surface area contributed by atoms with Gasteiger partial charge in [-0.05, 0) is 15.9 Å². The van der Waals surface area contributed by atoms with E-state index in [2.05, 4.69) is 15.9 Å². The smallest absolute Gasteiger partial charge is 0.303 e. The van der Waals surface area contributed by atoms with E-state index in [4.69, 9.17) is 18.9 Å². The average Bonchev–Trinajstić information content (AvgIpc) is 2.35. The summed E-state index contributed by atoms with van der Waals surface area (Å²) in [5, 5.41) is 9.86. The fourth-order valence-electron chi connectivity index (χ4n) is 1.91. The van der Waals surface area contributed by atoms with E-state index in [1.165, 1.54) is 0 Å². The maximum absolute atomic E-state index is 14.3. The van der Waals surface area contributed by atoms with Gasteiger partial charge in [0, 0.05) is 20.8 Å². The molecule has 8 nitrogen and oxygen atoms in total. The molecule has 22 heavy (non-hydrogen) atoms. The van der Waals surface area contributed by atoms with E-state index < -0.39 is 53.7 Å². The number of hydrogen-bond acceptors (Lipinski definition) is 8. The number of alkyl halides is 2. The topological polar surface area (TPSA) is 108 Å². The largest absolute Gasteiger partial charge is 0.463 e. The Bertz CT molecular complexity index is 454. The molecule has 1 rings (SSSR count). The van der Waals surface area contributed by atoms with Crippen LogP contribution in [0.15, 0.2) is 0 Å². The molecule has 1 heterocycles. The highest BCUT2D eigenvalue weighted by molar-refractivity contribution is 9.10. The molecule has 0 aromatic carbocycles. The van der Waals surface area contributed by atoms with E-state index in [-0.39, 0.29) is 0 Å². The summed E-state index contributed by atoms with van der Waals surface area (Å²) in [7, 11) is 0. The molecule has 0 bridgehead atoms. The van der Waals surface area contributed by atoms with Crippen LogP contribution in [0.4, 0.5) is 4.39 Å². The summed E-state index contributed by atoms with van der Waals surface area (Å²) in [5.41, 5.74) is 0. The molecule has 1 aliphatic rings. The maximum atomic E-state index is 14.3. The van der Waals surface area contributed by atoms with Gasteiger partial charge >= 0.3 is 17.9 Å². The van der Waals surface area contributed by atoms with Gasteiger partial charge in [-0.2, -0.15) is 0 Å². The molecule has 0 saturated carbocycles. The highest BCUT2D eigenvalue weighted by Crippen LogP contribution is 2.37. The molecule has 0 aromatic rings. The van der Waals surface area contributed by atoms with E-state index in [1.807, 2.05) is 0 Å². The molecule has 126 valence electrons. The summed E-state index contributed by atoms with van der Waals surface area (Å²) in [6, 6.07) is 0. The van der Waals surface area contributed by atoms with Crippen LogP contribution in [0.5, 0.6) is 0 Å². The number of hydrogen-bond donors (Lipinski definition) is 1. The standard InChI is InChI=1S/C12H16BrFO8/c1-5(15)19-4-8-9(20-6(2)16)10(21-7(3)17)11(14)12(13,18)22-8/h8-11,18H,4H2,1-3H3/t8-,9-,10+,11-,12?/m1/s1. The zero-order valence-electron chi connectivity index (χ0n) is 12.1. The average molecular weight is 387 g/mol. The molecule has 1 aliphatic heterocycles.